The number of benzene rings is 1. The van der Waals surface area contributed by atoms with Crippen LogP contribution in [-0.4, -0.2) is 12.3 Å². The molecule has 3 rings (SSSR count). The predicted molar refractivity (Wildman–Crippen MR) is 93.9 cm³/mol. The summed E-state index contributed by atoms with van der Waals surface area (Å²) in [6.07, 6.45) is 0. The minimum absolute atomic E-state index is 0.312. The standard InChI is InChI=1S/C14H10ClIN2O2S/c1-19-10-3-2-8(15)5-9(10)12-13(20-18-14(12)17)7-4-11(16)21-6-7/h2-6H,1H3,(H2,17,18). The Morgan fingerprint density at radius 2 is 2.19 bits per heavy atom. The number of halogens is 2. The lowest BCUT2D eigenvalue weighted by molar-refractivity contribution is 0.416. The molecule has 3 aromatic rings. The summed E-state index contributed by atoms with van der Waals surface area (Å²) in [5, 5.41) is 6.49. The van der Waals surface area contributed by atoms with Crippen LogP contribution in [0.2, 0.25) is 5.02 Å². The molecule has 0 atom stereocenters. The summed E-state index contributed by atoms with van der Waals surface area (Å²) in [6, 6.07) is 7.38. The third-order valence-corrected chi connectivity index (χ3v) is 5.00. The highest BCUT2D eigenvalue weighted by Crippen LogP contribution is 2.43. The molecular formula is C14H10ClIN2O2S. The van der Waals surface area contributed by atoms with E-state index in [0.29, 0.717) is 27.9 Å². The molecule has 108 valence electrons. The number of nitrogens with two attached hydrogens (primary N) is 1. The largest absolute Gasteiger partial charge is 0.496 e. The first-order chi connectivity index (χ1) is 10.1. The SMILES string of the molecule is COc1ccc(Cl)cc1-c1c(N)noc1-c1csc(I)c1. The minimum Gasteiger partial charge on any atom is -0.496 e. The Balaban J connectivity index is 2.24. The van der Waals surface area contributed by atoms with E-state index in [0.717, 1.165) is 14.0 Å². The molecule has 2 N–H and O–H groups in total. The third kappa shape index (κ3) is 2.75. The molecule has 0 spiro atoms. The van der Waals surface area contributed by atoms with Crippen LogP contribution in [-0.2, 0) is 0 Å². The number of anilines is 1. The van der Waals surface area contributed by atoms with Crippen molar-refractivity contribution in [2.45, 2.75) is 0 Å². The van der Waals surface area contributed by atoms with E-state index in [1.54, 1.807) is 36.6 Å². The van der Waals surface area contributed by atoms with E-state index in [4.69, 9.17) is 26.6 Å². The Bertz CT molecular complexity index is 800. The minimum atomic E-state index is 0.312. The molecule has 0 saturated heterocycles. The van der Waals surface area contributed by atoms with Crippen molar-refractivity contribution < 1.29 is 9.26 Å². The fourth-order valence-electron chi connectivity index (χ4n) is 2.06. The van der Waals surface area contributed by atoms with Gasteiger partial charge in [-0.3, -0.25) is 0 Å². The van der Waals surface area contributed by atoms with Gasteiger partial charge in [-0.2, -0.15) is 0 Å². The lowest BCUT2D eigenvalue weighted by atomic mass is 10.0. The average Bonchev–Trinajstić information content (AvgIpc) is 3.04. The van der Waals surface area contributed by atoms with E-state index < -0.39 is 0 Å². The fourth-order valence-corrected chi connectivity index (χ4v) is 3.56. The van der Waals surface area contributed by atoms with E-state index >= 15 is 0 Å². The van der Waals surface area contributed by atoms with Crippen molar-refractivity contribution >= 4 is 51.3 Å². The Kier molecular flexibility index (Phi) is 4.10. The van der Waals surface area contributed by atoms with Gasteiger partial charge in [0.15, 0.2) is 11.6 Å². The summed E-state index contributed by atoms with van der Waals surface area (Å²) in [5.41, 5.74) is 8.39. The zero-order valence-electron chi connectivity index (χ0n) is 10.9. The number of hydrogen-bond donors (Lipinski definition) is 1. The third-order valence-electron chi connectivity index (χ3n) is 2.98. The summed E-state index contributed by atoms with van der Waals surface area (Å²) in [4.78, 5) is 0. The van der Waals surface area contributed by atoms with Gasteiger partial charge in [0.25, 0.3) is 0 Å². The van der Waals surface area contributed by atoms with E-state index in [1.807, 2.05) is 11.4 Å². The van der Waals surface area contributed by atoms with Gasteiger partial charge in [0, 0.05) is 21.5 Å². The van der Waals surface area contributed by atoms with Crippen LogP contribution >= 0.6 is 45.5 Å². The molecule has 2 heterocycles. The fraction of sp³-hybridized carbons (Fsp3) is 0.0714. The van der Waals surface area contributed by atoms with E-state index in [1.165, 1.54) is 0 Å². The summed E-state index contributed by atoms with van der Waals surface area (Å²) in [5.74, 6) is 1.60. The zero-order valence-corrected chi connectivity index (χ0v) is 14.6. The maximum absolute atomic E-state index is 6.10. The summed E-state index contributed by atoms with van der Waals surface area (Å²) < 4.78 is 12.0. The second-order valence-corrected chi connectivity index (χ2v) is 7.50. The molecular weight excluding hydrogens is 423 g/mol. The molecule has 0 amide bonds. The van der Waals surface area contributed by atoms with Crippen LogP contribution in [0, 0.1) is 2.88 Å². The highest BCUT2D eigenvalue weighted by atomic mass is 127. The molecule has 0 aliphatic rings. The number of aromatic nitrogens is 1. The van der Waals surface area contributed by atoms with Gasteiger partial charge in [-0.1, -0.05) is 16.8 Å². The van der Waals surface area contributed by atoms with Crippen LogP contribution in [0.15, 0.2) is 34.2 Å². The first kappa shape index (κ1) is 14.7. The molecule has 4 nitrogen and oxygen atoms in total. The van der Waals surface area contributed by atoms with Gasteiger partial charge in [-0.05, 0) is 46.9 Å². The lowest BCUT2D eigenvalue weighted by Gasteiger charge is -2.08. The second kappa shape index (κ2) is 5.86. The normalized spacial score (nSPS) is 10.8. The summed E-state index contributed by atoms with van der Waals surface area (Å²) in [6.45, 7) is 0. The quantitative estimate of drug-likeness (QED) is 0.597. The first-order valence-corrected chi connectivity index (χ1v) is 8.27. The van der Waals surface area contributed by atoms with Crippen molar-refractivity contribution in [2.24, 2.45) is 0 Å². The van der Waals surface area contributed by atoms with Gasteiger partial charge in [0.1, 0.15) is 5.75 Å². The van der Waals surface area contributed by atoms with E-state index in [9.17, 15) is 0 Å². The van der Waals surface area contributed by atoms with Crippen molar-refractivity contribution in [3.63, 3.8) is 0 Å². The number of thiophene rings is 1. The molecule has 1 aromatic carbocycles. The molecule has 0 unspecified atom stereocenters. The van der Waals surface area contributed by atoms with Crippen LogP contribution in [0.5, 0.6) is 5.75 Å². The Morgan fingerprint density at radius 1 is 1.38 bits per heavy atom. The van der Waals surface area contributed by atoms with Gasteiger partial charge in [-0.15, -0.1) is 11.3 Å². The number of ether oxygens (including phenoxy) is 1. The Morgan fingerprint density at radius 3 is 2.86 bits per heavy atom. The zero-order chi connectivity index (χ0) is 15.0. The van der Waals surface area contributed by atoms with Crippen molar-refractivity contribution in [1.29, 1.82) is 0 Å². The topological polar surface area (TPSA) is 61.3 Å². The number of nitrogen functional groups attached to an aromatic ring is 1. The van der Waals surface area contributed by atoms with Crippen molar-refractivity contribution in [1.82, 2.24) is 5.16 Å². The second-order valence-electron chi connectivity index (χ2n) is 4.26. The molecule has 0 fully saturated rings. The monoisotopic (exact) mass is 432 g/mol. The average molecular weight is 433 g/mol. The molecule has 2 aromatic heterocycles. The van der Waals surface area contributed by atoms with Gasteiger partial charge < -0.3 is 15.0 Å². The predicted octanol–water partition coefficient (Wildman–Crippen LogP) is 4.92. The molecule has 21 heavy (non-hydrogen) atoms. The van der Waals surface area contributed by atoms with Gasteiger partial charge in [-0.25, -0.2) is 0 Å². The molecule has 0 aliphatic heterocycles. The van der Waals surface area contributed by atoms with Gasteiger partial charge >= 0.3 is 0 Å². The van der Waals surface area contributed by atoms with Crippen molar-refractivity contribution in [2.75, 3.05) is 12.8 Å². The lowest BCUT2D eigenvalue weighted by Crippen LogP contribution is -1.92. The molecule has 0 aliphatic carbocycles. The first-order valence-electron chi connectivity index (χ1n) is 5.93. The van der Waals surface area contributed by atoms with Crippen LogP contribution in [0.25, 0.3) is 22.5 Å². The molecule has 0 bridgehead atoms. The summed E-state index contributed by atoms with van der Waals surface area (Å²) in [7, 11) is 1.60. The summed E-state index contributed by atoms with van der Waals surface area (Å²) >= 11 is 9.98. The van der Waals surface area contributed by atoms with Crippen molar-refractivity contribution in [3.05, 3.63) is 37.6 Å². The number of nitrogens with zero attached hydrogens (tertiary/aromatic N) is 1. The number of methoxy groups -OCH3 is 1. The molecule has 0 radical (unpaired) electrons. The van der Waals surface area contributed by atoms with E-state index in [-0.39, 0.29) is 0 Å². The number of hydrogen-bond acceptors (Lipinski definition) is 5. The highest BCUT2D eigenvalue weighted by Gasteiger charge is 2.21. The maximum Gasteiger partial charge on any atom is 0.177 e. The van der Waals surface area contributed by atoms with Crippen molar-refractivity contribution in [3.8, 4) is 28.2 Å². The van der Waals surface area contributed by atoms with Crippen LogP contribution in [0.4, 0.5) is 5.82 Å². The molecule has 0 saturated carbocycles. The Labute approximate surface area is 144 Å². The Hall–Kier alpha value is -1.25. The van der Waals surface area contributed by atoms with E-state index in [2.05, 4.69) is 27.7 Å². The van der Waals surface area contributed by atoms with Crippen LogP contribution in [0.1, 0.15) is 0 Å². The number of rotatable bonds is 3. The maximum atomic E-state index is 6.10. The van der Waals surface area contributed by atoms with Gasteiger partial charge in [0.05, 0.1) is 15.6 Å². The van der Waals surface area contributed by atoms with Gasteiger partial charge in [0.2, 0.25) is 0 Å². The smallest absolute Gasteiger partial charge is 0.177 e. The highest BCUT2D eigenvalue weighted by molar-refractivity contribution is 14.1. The van der Waals surface area contributed by atoms with Crippen LogP contribution in [0.3, 0.4) is 0 Å². The molecule has 7 heteroatoms. The van der Waals surface area contributed by atoms with Crippen LogP contribution < -0.4 is 10.5 Å².